The van der Waals surface area contributed by atoms with Gasteiger partial charge in [-0.3, -0.25) is 14.4 Å². The highest BCUT2D eigenvalue weighted by molar-refractivity contribution is 6.30. The molecule has 2 atom stereocenters. The van der Waals surface area contributed by atoms with Gasteiger partial charge in [-0.2, -0.15) is 0 Å². The molecule has 116 valence electrons. The van der Waals surface area contributed by atoms with Gasteiger partial charge in [0, 0.05) is 10.6 Å². The minimum atomic E-state index is -0.648. The van der Waals surface area contributed by atoms with E-state index in [1.54, 1.807) is 31.2 Å². The summed E-state index contributed by atoms with van der Waals surface area (Å²) in [6.45, 7) is 5.99. The zero-order valence-corrected chi connectivity index (χ0v) is 13.2. The first-order valence-corrected chi connectivity index (χ1v) is 7.35. The summed E-state index contributed by atoms with van der Waals surface area (Å²) in [4.78, 5) is 29.1. The zero-order chi connectivity index (χ0) is 15.8. The number of rotatable bonds is 7. The predicted octanol–water partition coefficient (Wildman–Crippen LogP) is 2.55. The Hall–Kier alpha value is -1.59. The van der Waals surface area contributed by atoms with Crippen LogP contribution in [0.4, 0.5) is 0 Å². The normalized spacial score (nSPS) is 13.3. The summed E-state index contributed by atoms with van der Waals surface area (Å²) in [5.41, 5.74) is 2.79. The van der Waals surface area contributed by atoms with Crippen molar-refractivity contribution in [3.8, 4) is 0 Å². The summed E-state index contributed by atoms with van der Waals surface area (Å²) in [7, 11) is 0. The molecule has 0 saturated carbocycles. The lowest BCUT2D eigenvalue weighted by molar-refractivity contribution is -0.136. The van der Waals surface area contributed by atoms with Crippen LogP contribution in [0.15, 0.2) is 24.3 Å². The molecule has 1 rings (SSSR count). The van der Waals surface area contributed by atoms with Gasteiger partial charge >= 0.3 is 0 Å². The number of nitrogens with one attached hydrogen (secondary N) is 2. The van der Waals surface area contributed by atoms with Crippen LogP contribution in [-0.4, -0.2) is 24.5 Å². The quantitative estimate of drug-likeness (QED) is 0.760. The number of hydrogen-bond donors (Lipinski definition) is 2. The Morgan fingerprint density at radius 2 is 1.86 bits per heavy atom. The summed E-state index contributed by atoms with van der Waals surface area (Å²) in [5, 5.41) is 3.29. The molecule has 0 aliphatic rings. The molecule has 0 heterocycles. The van der Waals surface area contributed by atoms with Crippen molar-refractivity contribution in [1.82, 2.24) is 10.8 Å². The average Bonchev–Trinajstić information content (AvgIpc) is 2.49. The largest absolute Gasteiger partial charge is 0.340 e. The summed E-state index contributed by atoms with van der Waals surface area (Å²) >= 11 is 5.79. The molecule has 0 aliphatic carbocycles. The number of halogens is 1. The van der Waals surface area contributed by atoms with Gasteiger partial charge in [0.15, 0.2) is 0 Å². The molecule has 0 aromatic heterocycles. The number of benzene rings is 1. The maximum absolute atomic E-state index is 12.2. The third-order valence-corrected chi connectivity index (χ3v) is 3.46. The van der Waals surface area contributed by atoms with Crippen LogP contribution in [0, 0.1) is 5.92 Å². The van der Waals surface area contributed by atoms with Crippen LogP contribution in [-0.2, 0) is 9.63 Å². The van der Waals surface area contributed by atoms with Crippen molar-refractivity contribution in [3.63, 3.8) is 0 Å². The van der Waals surface area contributed by atoms with Gasteiger partial charge in [0.05, 0.1) is 6.61 Å². The van der Waals surface area contributed by atoms with E-state index in [0.29, 0.717) is 17.2 Å². The van der Waals surface area contributed by atoms with Crippen LogP contribution in [0.3, 0.4) is 0 Å². The Balaban J connectivity index is 2.78. The Morgan fingerprint density at radius 3 is 2.38 bits per heavy atom. The number of hydrogen-bond acceptors (Lipinski definition) is 3. The van der Waals surface area contributed by atoms with Crippen molar-refractivity contribution >= 4 is 23.4 Å². The molecule has 0 bridgehead atoms. The first kappa shape index (κ1) is 17.5. The van der Waals surface area contributed by atoms with Crippen molar-refractivity contribution in [3.05, 3.63) is 34.9 Å². The highest BCUT2D eigenvalue weighted by Crippen LogP contribution is 2.12. The van der Waals surface area contributed by atoms with Crippen molar-refractivity contribution in [2.45, 2.75) is 33.2 Å². The molecule has 2 amide bonds. The van der Waals surface area contributed by atoms with E-state index in [9.17, 15) is 9.59 Å². The summed E-state index contributed by atoms with van der Waals surface area (Å²) in [5.74, 6) is -0.682. The first-order chi connectivity index (χ1) is 9.99. The fraction of sp³-hybridized carbons (Fsp3) is 0.467. The van der Waals surface area contributed by atoms with Gasteiger partial charge in [0.25, 0.3) is 11.8 Å². The van der Waals surface area contributed by atoms with Crippen molar-refractivity contribution in [2.75, 3.05) is 6.61 Å². The number of carbonyl (C=O) groups is 2. The van der Waals surface area contributed by atoms with E-state index in [2.05, 4.69) is 10.8 Å². The van der Waals surface area contributed by atoms with Gasteiger partial charge in [-0.15, -0.1) is 0 Å². The molecule has 0 unspecified atom stereocenters. The lowest BCUT2D eigenvalue weighted by atomic mass is 9.98. The lowest BCUT2D eigenvalue weighted by Gasteiger charge is -2.23. The molecular weight excluding hydrogens is 292 g/mol. The topological polar surface area (TPSA) is 67.4 Å². The molecule has 21 heavy (non-hydrogen) atoms. The SMILES string of the molecule is CCONC(=O)[C@H](NC(=O)c1ccc(Cl)cc1)[C@@H](C)CC. The standard InChI is InChI=1S/C15H21ClN2O3/c1-4-10(3)13(15(20)18-21-5-2)17-14(19)11-6-8-12(16)9-7-11/h6-10,13H,4-5H2,1-3H3,(H,17,19)(H,18,20)/t10-,13+/m0/s1. The Kier molecular flexibility index (Phi) is 7.19. The number of amides is 2. The predicted molar refractivity (Wildman–Crippen MR) is 81.9 cm³/mol. The van der Waals surface area contributed by atoms with E-state index >= 15 is 0 Å². The Labute approximate surface area is 130 Å². The van der Waals surface area contributed by atoms with Crippen LogP contribution >= 0.6 is 11.6 Å². The Bertz CT molecular complexity index is 476. The maximum Gasteiger partial charge on any atom is 0.266 e. The third-order valence-electron chi connectivity index (χ3n) is 3.21. The van der Waals surface area contributed by atoms with Gasteiger partial charge in [0.2, 0.25) is 0 Å². The van der Waals surface area contributed by atoms with E-state index in [-0.39, 0.29) is 17.7 Å². The molecule has 0 saturated heterocycles. The van der Waals surface area contributed by atoms with Gasteiger partial charge < -0.3 is 5.32 Å². The van der Waals surface area contributed by atoms with Gasteiger partial charge in [-0.25, -0.2) is 5.48 Å². The molecule has 1 aromatic carbocycles. The van der Waals surface area contributed by atoms with E-state index in [0.717, 1.165) is 6.42 Å². The van der Waals surface area contributed by atoms with Gasteiger partial charge in [-0.1, -0.05) is 31.9 Å². The summed E-state index contributed by atoms with van der Waals surface area (Å²) in [6.07, 6.45) is 0.755. The van der Waals surface area contributed by atoms with Gasteiger partial charge in [-0.05, 0) is 37.1 Å². The van der Waals surface area contributed by atoms with E-state index < -0.39 is 6.04 Å². The molecule has 5 nitrogen and oxygen atoms in total. The van der Waals surface area contributed by atoms with Crippen molar-refractivity contribution in [2.24, 2.45) is 5.92 Å². The second kappa shape index (κ2) is 8.64. The molecule has 0 aliphatic heterocycles. The smallest absolute Gasteiger partial charge is 0.266 e. The first-order valence-electron chi connectivity index (χ1n) is 6.97. The Morgan fingerprint density at radius 1 is 1.24 bits per heavy atom. The second-order valence-electron chi connectivity index (χ2n) is 4.74. The third kappa shape index (κ3) is 5.36. The molecule has 1 aromatic rings. The fourth-order valence-electron chi connectivity index (χ4n) is 1.73. The molecule has 2 N–H and O–H groups in total. The minimum absolute atomic E-state index is 0.0123. The van der Waals surface area contributed by atoms with E-state index in [4.69, 9.17) is 16.4 Å². The second-order valence-corrected chi connectivity index (χ2v) is 5.18. The zero-order valence-electron chi connectivity index (χ0n) is 12.5. The van der Waals surface area contributed by atoms with Crippen LogP contribution in [0.5, 0.6) is 0 Å². The summed E-state index contributed by atoms with van der Waals surface area (Å²) in [6, 6.07) is 5.85. The lowest BCUT2D eigenvalue weighted by Crippen LogP contribution is -2.50. The molecule has 0 spiro atoms. The highest BCUT2D eigenvalue weighted by atomic mass is 35.5. The summed E-state index contributed by atoms with van der Waals surface area (Å²) < 4.78 is 0. The van der Waals surface area contributed by atoms with Crippen molar-refractivity contribution in [1.29, 1.82) is 0 Å². The van der Waals surface area contributed by atoms with E-state index in [1.807, 2.05) is 13.8 Å². The average molecular weight is 313 g/mol. The molecular formula is C15H21ClN2O3. The minimum Gasteiger partial charge on any atom is -0.340 e. The van der Waals surface area contributed by atoms with Crippen LogP contribution in [0.1, 0.15) is 37.6 Å². The van der Waals surface area contributed by atoms with Crippen molar-refractivity contribution < 1.29 is 14.4 Å². The number of hydroxylamine groups is 1. The molecule has 0 fully saturated rings. The number of carbonyl (C=O) groups excluding carboxylic acids is 2. The van der Waals surface area contributed by atoms with Crippen LogP contribution in [0.25, 0.3) is 0 Å². The molecule has 6 heteroatoms. The van der Waals surface area contributed by atoms with E-state index in [1.165, 1.54) is 0 Å². The maximum atomic E-state index is 12.2. The van der Waals surface area contributed by atoms with Gasteiger partial charge in [0.1, 0.15) is 6.04 Å². The highest BCUT2D eigenvalue weighted by Gasteiger charge is 2.26. The van der Waals surface area contributed by atoms with Crippen LogP contribution in [0.2, 0.25) is 5.02 Å². The molecule has 0 radical (unpaired) electrons. The fourth-order valence-corrected chi connectivity index (χ4v) is 1.86. The van der Waals surface area contributed by atoms with Crippen LogP contribution < -0.4 is 10.8 Å². The monoisotopic (exact) mass is 312 g/mol.